The Bertz CT molecular complexity index is 400. The van der Waals surface area contributed by atoms with Gasteiger partial charge in [-0.25, -0.2) is 4.98 Å². The number of likely N-dealkylation sites (N-methyl/N-ethyl adjacent to an activating group) is 1. The van der Waals surface area contributed by atoms with E-state index in [-0.39, 0.29) is 0 Å². The Kier molecular flexibility index (Phi) is 4.15. The van der Waals surface area contributed by atoms with E-state index in [0.29, 0.717) is 12.1 Å². The van der Waals surface area contributed by atoms with E-state index in [1.54, 1.807) is 6.33 Å². The monoisotopic (exact) mass is 264 g/mol. The third kappa shape index (κ3) is 3.16. The van der Waals surface area contributed by atoms with Gasteiger partial charge in [0, 0.05) is 38.7 Å². The number of hydrogen-bond donors (Lipinski definition) is 2. The van der Waals surface area contributed by atoms with Crippen LogP contribution in [0.5, 0.6) is 0 Å². The summed E-state index contributed by atoms with van der Waals surface area (Å²) in [5.41, 5.74) is 2.48. The van der Waals surface area contributed by atoms with Gasteiger partial charge in [-0.05, 0) is 19.4 Å². The van der Waals surface area contributed by atoms with E-state index >= 15 is 0 Å². The number of hydrogen-bond acceptors (Lipinski definition) is 4. The van der Waals surface area contributed by atoms with Gasteiger partial charge in [0.05, 0.1) is 23.8 Å². The summed E-state index contributed by atoms with van der Waals surface area (Å²) in [6.07, 6.45) is 5.72. The topological polar surface area (TPSA) is 53.2 Å². The van der Waals surface area contributed by atoms with Crippen molar-refractivity contribution in [1.29, 1.82) is 0 Å². The fraction of sp³-hybridized carbons (Fsp3) is 0.786. The van der Waals surface area contributed by atoms with E-state index in [1.807, 2.05) is 0 Å². The van der Waals surface area contributed by atoms with Crippen molar-refractivity contribution in [3.05, 3.63) is 17.7 Å². The number of aromatic nitrogens is 2. The Morgan fingerprint density at radius 1 is 1.47 bits per heavy atom. The normalized spacial score (nSPS) is 26.8. The number of ether oxygens (including phenoxy) is 1. The molecule has 0 bridgehead atoms. The van der Waals surface area contributed by atoms with E-state index < -0.39 is 0 Å². The molecule has 0 aliphatic carbocycles. The molecule has 2 unspecified atom stereocenters. The molecular weight excluding hydrogens is 240 g/mol. The lowest BCUT2D eigenvalue weighted by Gasteiger charge is -2.30. The lowest BCUT2D eigenvalue weighted by atomic mass is 10.0. The van der Waals surface area contributed by atoms with Gasteiger partial charge in [0.2, 0.25) is 0 Å². The average molecular weight is 264 g/mol. The van der Waals surface area contributed by atoms with Crippen molar-refractivity contribution in [2.24, 2.45) is 0 Å². The molecule has 2 aliphatic rings. The number of imidazole rings is 1. The van der Waals surface area contributed by atoms with Crippen molar-refractivity contribution >= 4 is 0 Å². The lowest BCUT2D eigenvalue weighted by Crippen LogP contribution is -2.46. The number of aromatic amines is 1. The maximum Gasteiger partial charge on any atom is 0.0925 e. The summed E-state index contributed by atoms with van der Waals surface area (Å²) in [6, 6.07) is 0.511. The van der Waals surface area contributed by atoms with Gasteiger partial charge in [-0.15, -0.1) is 0 Å². The molecule has 1 saturated heterocycles. The summed E-state index contributed by atoms with van der Waals surface area (Å²) in [5.74, 6) is 0. The molecule has 1 fully saturated rings. The molecule has 0 spiro atoms. The molecule has 0 saturated carbocycles. The fourth-order valence-corrected chi connectivity index (χ4v) is 3.08. The second-order valence-corrected chi connectivity index (χ2v) is 5.60. The van der Waals surface area contributed by atoms with Crippen LogP contribution in [0.2, 0.25) is 0 Å². The highest BCUT2D eigenvalue weighted by molar-refractivity contribution is 5.15. The van der Waals surface area contributed by atoms with Crippen LogP contribution in [0.15, 0.2) is 6.33 Å². The van der Waals surface area contributed by atoms with Crippen molar-refractivity contribution in [2.45, 2.75) is 44.9 Å². The van der Waals surface area contributed by atoms with Crippen LogP contribution in [0.25, 0.3) is 0 Å². The van der Waals surface area contributed by atoms with Crippen molar-refractivity contribution in [1.82, 2.24) is 20.2 Å². The second-order valence-electron chi connectivity index (χ2n) is 5.60. The molecule has 106 valence electrons. The summed E-state index contributed by atoms with van der Waals surface area (Å²) >= 11 is 0. The predicted octanol–water partition coefficient (Wildman–Crippen LogP) is 0.925. The highest BCUT2D eigenvalue weighted by Crippen LogP contribution is 2.16. The fourth-order valence-electron chi connectivity index (χ4n) is 3.08. The van der Waals surface area contributed by atoms with Gasteiger partial charge in [0.15, 0.2) is 0 Å². The maximum absolute atomic E-state index is 5.74. The van der Waals surface area contributed by atoms with E-state index in [9.17, 15) is 0 Å². The molecule has 0 radical (unpaired) electrons. The Hall–Kier alpha value is -0.910. The lowest BCUT2D eigenvalue weighted by molar-refractivity contribution is 0.0711. The standard InChI is InChI=1S/C14H24N4O/c1-2-18(9-12-4-3-5-19-12)8-11-6-13-14(7-15-11)17-10-16-13/h10-12,15H,2-9H2,1H3,(H,16,17). The van der Waals surface area contributed by atoms with Crippen LogP contribution < -0.4 is 5.32 Å². The van der Waals surface area contributed by atoms with Gasteiger partial charge >= 0.3 is 0 Å². The summed E-state index contributed by atoms with van der Waals surface area (Å²) in [5, 5.41) is 3.60. The number of H-pyrrole nitrogens is 1. The molecule has 3 rings (SSSR count). The Morgan fingerprint density at radius 3 is 3.21 bits per heavy atom. The van der Waals surface area contributed by atoms with E-state index in [2.05, 4.69) is 27.1 Å². The highest BCUT2D eigenvalue weighted by atomic mass is 16.5. The minimum Gasteiger partial charge on any atom is -0.377 e. The first-order chi connectivity index (χ1) is 9.35. The number of nitrogens with zero attached hydrogens (tertiary/aromatic N) is 2. The molecule has 5 heteroatoms. The van der Waals surface area contributed by atoms with Gasteiger partial charge in [-0.2, -0.15) is 0 Å². The van der Waals surface area contributed by atoms with Crippen LogP contribution in [0, 0.1) is 0 Å². The number of rotatable bonds is 5. The predicted molar refractivity (Wildman–Crippen MR) is 74.0 cm³/mol. The van der Waals surface area contributed by atoms with Crippen molar-refractivity contribution in [3.63, 3.8) is 0 Å². The average Bonchev–Trinajstić information content (AvgIpc) is 3.08. The van der Waals surface area contributed by atoms with Crippen LogP contribution >= 0.6 is 0 Å². The van der Waals surface area contributed by atoms with Gasteiger partial charge in [-0.3, -0.25) is 4.90 Å². The van der Waals surface area contributed by atoms with Crippen LogP contribution in [-0.2, 0) is 17.7 Å². The van der Waals surface area contributed by atoms with Crippen LogP contribution in [-0.4, -0.2) is 53.3 Å². The molecule has 0 amide bonds. The summed E-state index contributed by atoms with van der Waals surface area (Å²) in [4.78, 5) is 10.1. The molecule has 3 heterocycles. The zero-order valence-electron chi connectivity index (χ0n) is 11.7. The van der Waals surface area contributed by atoms with E-state index in [0.717, 1.165) is 39.2 Å². The summed E-state index contributed by atoms with van der Waals surface area (Å²) in [7, 11) is 0. The second kappa shape index (κ2) is 6.03. The molecule has 1 aromatic rings. The van der Waals surface area contributed by atoms with Gasteiger partial charge in [0.1, 0.15) is 0 Å². The van der Waals surface area contributed by atoms with Crippen molar-refractivity contribution < 1.29 is 4.74 Å². The molecule has 1 aromatic heterocycles. The molecule has 0 aromatic carbocycles. The highest BCUT2D eigenvalue weighted by Gasteiger charge is 2.24. The molecule has 2 atom stereocenters. The number of fused-ring (bicyclic) bond motifs is 1. The largest absolute Gasteiger partial charge is 0.377 e. The van der Waals surface area contributed by atoms with E-state index in [1.165, 1.54) is 24.2 Å². The first-order valence-corrected chi connectivity index (χ1v) is 7.43. The number of nitrogens with one attached hydrogen (secondary N) is 2. The first kappa shape index (κ1) is 13.1. The smallest absolute Gasteiger partial charge is 0.0925 e. The molecule has 2 aliphatic heterocycles. The molecule has 5 nitrogen and oxygen atoms in total. The van der Waals surface area contributed by atoms with E-state index in [4.69, 9.17) is 4.74 Å². The third-order valence-electron chi connectivity index (χ3n) is 4.23. The van der Waals surface area contributed by atoms with Crippen LogP contribution in [0.4, 0.5) is 0 Å². The van der Waals surface area contributed by atoms with Crippen LogP contribution in [0.1, 0.15) is 31.2 Å². The van der Waals surface area contributed by atoms with Gasteiger partial charge in [0.25, 0.3) is 0 Å². The quantitative estimate of drug-likeness (QED) is 0.830. The Balaban J connectivity index is 1.52. The minimum absolute atomic E-state index is 0.449. The molecule has 2 N–H and O–H groups in total. The van der Waals surface area contributed by atoms with Crippen LogP contribution in [0.3, 0.4) is 0 Å². The SMILES string of the molecule is CCN(CC1Cc2nc[nH]c2CN1)CC1CCCO1. The molecule has 19 heavy (non-hydrogen) atoms. The summed E-state index contributed by atoms with van der Waals surface area (Å²) < 4.78 is 5.74. The molecular formula is C14H24N4O. The van der Waals surface area contributed by atoms with Crippen molar-refractivity contribution in [3.8, 4) is 0 Å². The minimum atomic E-state index is 0.449. The van der Waals surface area contributed by atoms with Gasteiger partial charge < -0.3 is 15.0 Å². The Labute approximate surface area is 114 Å². The maximum atomic E-state index is 5.74. The van der Waals surface area contributed by atoms with Crippen molar-refractivity contribution in [2.75, 3.05) is 26.2 Å². The Morgan fingerprint density at radius 2 is 2.42 bits per heavy atom. The first-order valence-electron chi connectivity index (χ1n) is 7.43. The zero-order chi connectivity index (χ0) is 13.1. The zero-order valence-corrected chi connectivity index (χ0v) is 11.7. The van der Waals surface area contributed by atoms with Gasteiger partial charge in [-0.1, -0.05) is 6.92 Å². The summed E-state index contributed by atoms with van der Waals surface area (Å²) in [6.45, 7) is 7.34. The third-order valence-corrected chi connectivity index (χ3v) is 4.23.